The summed E-state index contributed by atoms with van der Waals surface area (Å²) >= 11 is 5.83. The highest BCUT2D eigenvalue weighted by atomic mass is 35.5. The SMILES string of the molecule is O=C(/C=C/c1ccc(Cl)cc1)N1CCc2ncncc2C1. The van der Waals surface area contributed by atoms with Crippen molar-refractivity contribution in [3.63, 3.8) is 0 Å². The summed E-state index contributed by atoms with van der Waals surface area (Å²) in [5, 5.41) is 0.686. The van der Waals surface area contributed by atoms with Crippen LogP contribution in [0, 0.1) is 0 Å². The summed E-state index contributed by atoms with van der Waals surface area (Å²) in [6.07, 6.45) is 7.51. The number of fused-ring (bicyclic) bond motifs is 1. The quantitative estimate of drug-likeness (QED) is 0.801. The molecule has 5 heteroatoms. The van der Waals surface area contributed by atoms with Gasteiger partial charge in [0.25, 0.3) is 0 Å². The second-order valence-electron chi connectivity index (χ2n) is 4.89. The van der Waals surface area contributed by atoms with Crippen LogP contribution in [0.5, 0.6) is 0 Å². The van der Waals surface area contributed by atoms with Crippen LogP contribution in [0.4, 0.5) is 0 Å². The molecule has 0 N–H and O–H groups in total. The van der Waals surface area contributed by atoms with Crippen molar-refractivity contribution in [3.05, 3.63) is 64.7 Å². The molecule has 0 atom stereocenters. The Morgan fingerprint density at radius 1 is 1.29 bits per heavy atom. The van der Waals surface area contributed by atoms with Gasteiger partial charge in [-0.15, -0.1) is 0 Å². The number of halogens is 1. The molecule has 4 nitrogen and oxygen atoms in total. The molecule has 0 aliphatic carbocycles. The van der Waals surface area contributed by atoms with Gasteiger partial charge in [-0.1, -0.05) is 23.7 Å². The van der Waals surface area contributed by atoms with Gasteiger partial charge in [-0.2, -0.15) is 0 Å². The Kier molecular flexibility index (Phi) is 3.97. The lowest BCUT2D eigenvalue weighted by atomic mass is 10.1. The summed E-state index contributed by atoms with van der Waals surface area (Å²) in [6.45, 7) is 1.26. The van der Waals surface area contributed by atoms with Crippen molar-refractivity contribution in [2.24, 2.45) is 0 Å². The fourth-order valence-electron chi connectivity index (χ4n) is 2.30. The van der Waals surface area contributed by atoms with E-state index >= 15 is 0 Å². The molecule has 0 unspecified atom stereocenters. The van der Waals surface area contributed by atoms with Crippen molar-refractivity contribution in [2.75, 3.05) is 6.54 Å². The minimum Gasteiger partial charge on any atom is -0.334 e. The van der Waals surface area contributed by atoms with Gasteiger partial charge in [0, 0.05) is 42.4 Å². The van der Waals surface area contributed by atoms with Crippen LogP contribution in [0.2, 0.25) is 5.02 Å². The molecule has 1 amide bonds. The third kappa shape index (κ3) is 3.28. The molecule has 3 rings (SSSR count). The highest BCUT2D eigenvalue weighted by Gasteiger charge is 2.19. The number of hydrogen-bond acceptors (Lipinski definition) is 3. The molecule has 1 aliphatic rings. The zero-order valence-corrected chi connectivity index (χ0v) is 12.1. The number of carbonyl (C=O) groups is 1. The first kappa shape index (κ1) is 13.8. The van der Waals surface area contributed by atoms with E-state index in [1.54, 1.807) is 41.7 Å². The maximum atomic E-state index is 12.2. The second-order valence-corrected chi connectivity index (χ2v) is 5.33. The number of aromatic nitrogens is 2. The van der Waals surface area contributed by atoms with E-state index in [4.69, 9.17) is 11.6 Å². The lowest BCUT2D eigenvalue weighted by Gasteiger charge is -2.26. The predicted molar refractivity (Wildman–Crippen MR) is 81.6 cm³/mol. The summed E-state index contributed by atoms with van der Waals surface area (Å²) in [5.74, 6) is -0.000506. The van der Waals surface area contributed by atoms with Gasteiger partial charge < -0.3 is 4.90 Å². The van der Waals surface area contributed by atoms with Crippen molar-refractivity contribution in [1.29, 1.82) is 0 Å². The molecule has 1 aliphatic heterocycles. The van der Waals surface area contributed by atoms with Crippen molar-refractivity contribution in [2.45, 2.75) is 13.0 Å². The molecule has 0 spiro atoms. The maximum absolute atomic E-state index is 12.2. The number of amides is 1. The van der Waals surface area contributed by atoms with E-state index in [1.165, 1.54) is 0 Å². The van der Waals surface area contributed by atoms with E-state index in [0.717, 1.165) is 23.2 Å². The average Bonchev–Trinajstić information content (AvgIpc) is 2.53. The van der Waals surface area contributed by atoms with Gasteiger partial charge in [0.15, 0.2) is 0 Å². The number of benzene rings is 1. The van der Waals surface area contributed by atoms with Crippen LogP contribution in [0.1, 0.15) is 16.8 Å². The monoisotopic (exact) mass is 299 g/mol. The van der Waals surface area contributed by atoms with E-state index < -0.39 is 0 Å². The summed E-state index contributed by atoms with van der Waals surface area (Å²) in [4.78, 5) is 22.3. The number of carbonyl (C=O) groups excluding carboxylic acids is 1. The first-order valence-electron chi connectivity index (χ1n) is 6.73. The van der Waals surface area contributed by atoms with E-state index in [0.29, 0.717) is 18.1 Å². The van der Waals surface area contributed by atoms with Gasteiger partial charge in [-0.05, 0) is 23.8 Å². The largest absolute Gasteiger partial charge is 0.334 e. The maximum Gasteiger partial charge on any atom is 0.246 e. The summed E-state index contributed by atoms with van der Waals surface area (Å²) in [7, 11) is 0. The van der Waals surface area contributed by atoms with Crippen molar-refractivity contribution in [3.8, 4) is 0 Å². The highest BCUT2D eigenvalue weighted by Crippen LogP contribution is 2.16. The van der Waals surface area contributed by atoms with Crippen molar-refractivity contribution >= 4 is 23.6 Å². The Morgan fingerprint density at radius 2 is 2.10 bits per heavy atom. The molecule has 1 aromatic heterocycles. The Bertz CT molecular complexity index is 682. The first-order chi connectivity index (χ1) is 10.2. The van der Waals surface area contributed by atoms with Crippen LogP contribution in [0.15, 0.2) is 42.9 Å². The van der Waals surface area contributed by atoms with E-state index in [-0.39, 0.29) is 5.91 Å². The van der Waals surface area contributed by atoms with Gasteiger partial charge in [0.2, 0.25) is 5.91 Å². The molecule has 2 heterocycles. The third-order valence-corrected chi connectivity index (χ3v) is 3.71. The average molecular weight is 300 g/mol. The molecule has 1 aromatic carbocycles. The van der Waals surface area contributed by atoms with Crippen LogP contribution in [-0.2, 0) is 17.8 Å². The van der Waals surface area contributed by atoms with Crippen molar-refractivity contribution in [1.82, 2.24) is 14.9 Å². The molecule has 0 radical (unpaired) electrons. The normalized spacial score (nSPS) is 14.2. The molecule has 21 heavy (non-hydrogen) atoms. The molecule has 0 saturated heterocycles. The van der Waals surface area contributed by atoms with Crippen LogP contribution >= 0.6 is 11.6 Å². The molecular formula is C16H14ClN3O. The smallest absolute Gasteiger partial charge is 0.246 e. The first-order valence-corrected chi connectivity index (χ1v) is 7.10. The summed E-state index contributed by atoms with van der Waals surface area (Å²) in [5.41, 5.74) is 3.02. The number of rotatable bonds is 2. The lowest BCUT2D eigenvalue weighted by Crippen LogP contribution is -2.35. The lowest BCUT2D eigenvalue weighted by molar-refractivity contribution is -0.126. The fourth-order valence-corrected chi connectivity index (χ4v) is 2.43. The second kappa shape index (κ2) is 6.06. The van der Waals surface area contributed by atoms with Gasteiger partial charge in [-0.3, -0.25) is 4.79 Å². The van der Waals surface area contributed by atoms with Gasteiger partial charge in [0.05, 0.1) is 5.69 Å². The van der Waals surface area contributed by atoms with Gasteiger partial charge in [-0.25, -0.2) is 9.97 Å². The zero-order valence-electron chi connectivity index (χ0n) is 11.4. The van der Waals surface area contributed by atoms with Gasteiger partial charge >= 0.3 is 0 Å². The Balaban J connectivity index is 1.68. The molecule has 2 aromatic rings. The van der Waals surface area contributed by atoms with E-state index in [1.807, 2.05) is 12.1 Å². The molecular weight excluding hydrogens is 286 g/mol. The summed E-state index contributed by atoms with van der Waals surface area (Å²) < 4.78 is 0. The standard InChI is InChI=1S/C16H14ClN3O/c17-14-4-1-12(2-5-14)3-6-16(21)20-8-7-15-13(10-20)9-18-11-19-15/h1-6,9,11H,7-8,10H2/b6-3+. The Morgan fingerprint density at radius 3 is 2.90 bits per heavy atom. The predicted octanol–water partition coefficient (Wildman–Crippen LogP) is 2.73. The van der Waals surface area contributed by atoms with Crippen LogP contribution in [-0.4, -0.2) is 27.3 Å². The van der Waals surface area contributed by atoms with Gasteiger partial charge in [0.1, 0.15) is 6.33 Å². The van der Waals surface area contributed by atoms with E-state index in [2.05, 4.69) is 9.97 Å². The van der Waals surface area contributed by atoms with Crippen LogP contribution < -0.4 is 0 Å². The highest BCUT2D eigenvalue weighted by molar-refractivity contribution is 6.30. The molecule has 0 bridgehead atoms. The topological polar surface area (TPSA) is 46.1 Å². The van der Waals surface area contributed by atoms with Crippen molar-refractivity contribution < 1.29 is 4.79 Å². The fraction of sp³-hybridized carbons (Fsp3) is 0.188. The minimum atomic E-state index is -0.000506. The summed E-state index contributed by atoms with van der Waals surface area (Å²) in [6, 6.07) is 7.37. The third-order valence-electron chi connectivity index (χ3n) is 3.46. The molecule has 0 fully saturated rings. The number of nitrogens with zero attached hydrogens (tertiary/aromatic N) is 3. The molecule has 0 saturated carbocycles. The molecule has 106 valence electrons. The Labute approximate surface area is 128 Å². The minimum absolute atomic E-state index is 0.000506. The number of hydrogen-bond donors (Lipinski definition) is 0. The zero-order chi connectivity index (χ0) is 14.7. The van der Waals surface area contributed by atoms with E-state index in [9.17, 15) is 4.79 Å². The Hall–Kier alpha value is -2.20. The van der Waals surface area contributed by atoms with Crippen LogP contribution in [0.25, 0.3) is 6.08 Å². The van der Waals surface area contributed by atoms with Crippen LogP contribution in [0.3, 0.4) is 0 Å².